The maximum Gasteiger partial charge on any atom is 0.221 e. The lowest BCUT2D eigenvalue weighted by Gasteiger charge is -2.11. The molecule has 0 aliphatic rings. The molecule has 0 heterocycles. The van der Waals surface area contributed by atoms with Gasteiger partial charge in [0.05, 0.1) is 0 Å². The molecular weight excluding hydrogens is 308 g/mol. The third-order valence-electron chi connectivity index (χ3n) is 3.30. The van der Waals surface area contributed by atoms with E-state index in [1.807, 2.05) is 38.0 Å². The first kappa shape index (κ1) is 22.8. The van der Waals surface area contributed by atoms with Gasteiger partial charge in [-0.05, 0) is 28.2 Å². The normalized spacial score (nSPS) is 11.1. The van der Waals surface area contributed by atoms with Crippen LogP contribution in [0.3, 0.4) is 0 Å². The van der Waals surface area contributed by atoms with E-state index >= 15 is 0 Å². The van der Waals surface area contributed by atoms with Crippen molar-refractivity contribution in [1.29, 1.82) is 0 Å². The molecule has 8 heteroatoms. The molecule has 0 saturated carbocycles. The first-order valence-corrected chi connectivity index (χ1v) is 8.66. The Labute approximate surface area is 146 Å². The van der Waals surface area contributed by atoms with Crippen molar-refractivity contribution in [1.82, 2.24) is 31.1 Å². The van der Waals surface area contributed by atoms with Crippen molar-refractivity contribution >= 4 is 11.8 Å². The summed E-state index contributed by atoms with van der Waals surface area (Å²) in [4.78, 5) is 27.1. The molecule has 0 atom stereocenters. The van der Waals surface area contributed by atoms with E-state index in [1.54, 1.807) is 0 Å². The quantitative estimate of drug-likeness (QED) is 0.265. The van der Waals surface area contributed by atoms with E-state index in [2.05, 4.69) is 21.3 Å². The Morgan fingerprint density at radius 3 is 1.33 bits per heavy atom. The Morgan fingerprint density at radius 1 is 0.625 bits per heavy atom. The summed E-state index contributed by atoms with van der Waals surface area (Å²) < 4.78 is 0. The molecule has 0 aromatic rings. The van der Waals surface area contributed by atoms with Crippen LogP contribution in [0.4, 0.5) is 0 Å². The Hall–Kier alpha value is -1.22. The second-order valence-electron chi connectivity index (χ2n) is 6.31. The van der Waals surface area contributed by atoms with Crippen LogP contribution in [0, 0.1) is 0 Å². The van der Waals surface area contributed by atoms with E-state index in [-0.39, 0.29) is 11.8 Å². The summed E-state index contributed by atoms with van der Waals surface area (Å²) in [5.41, 5.74) is 0. The van der Waals surface area contributed by atoms with Gasteiger partial charge in [-0.3, -0.25) is 9.59 Å². The molecule has 0 fully saturated rings. The third-order valence-corrected chi connectivity index (χ3v) is 3.30. The Bertz CT molecular complexity index is 305. The highest BCUT2D eigenvalue weighted by atomic mass is 16.2. The average molecular weight is 345 g/mol. The predicted molar refractivity (Wildman–Crippen MR) is 98.1 cm³/mol. The molecule has 2 amide bonds. The molecule has 8 nitrogen and oxygen atoms in total. The monoisotopic (exact) mass is 344 g/mol. The lowest BCUT2D eigenvalue weighted by Crippen LogP contribution is -2.35. The van der Waals surface area contributed by atoms with Crippen molar-refractivity contribution in [2.75, 3.05) is 80.5 Å². The Kier molecular flexibility index (Phi) is 14.5. The van der Waals surface area contributed by atoms with Crippen LogP contribution in [0.25, 0.3) is 0 Å². The summed E-state index contributed by atoms with van der Waals surface area (Å²) in [6.45, 7) is 5.98. The fraction of sp³-hybridized carbons (Fsp3) is 0.875. The summed E-state index contributed by atoms with van der Waals surface area (Å²) in [5, 5.41) is 12.2. The summed E-state index contributed by atoms with van der Waals surface area (Å²) >= 11 is 0. The molecule has 0 rings (SSSR count). The minimum absolute atomic E-state index is 0.0757. The first-order chi connectivity index (χ1) is 11.4. The second kappa shape index (κ2) is 15.3. The van der Waals surface area contributed by atoms with Gasteiger partial charge in [-0.1, -0.05) is 0 Å². The molecule has 24 heavy (non-hydrogen) atoms. The molecule has 0 aromatic carbocycles. The van der Waals surface area contributed by atoms with Crippen LogP contribution in [-0.2, 0) is 9.59 Å². The molecule has 0 bridgehead atoms. The van der Waals surface area contributed by atoms with Gasteiger partial charge >= 0.3 is 0 Å². The van der Waals surface area contributed by atoms with Gasteiger partial charge in [-0.25, -0.2) is 0 Å². The van der Waals surface area contributed by atoms with Crippen molar-refractivity contribution in [2.24, 2.45) is 0 Å². The maximum atomic E-state index is 11.5. The minimum Gasteiger partial charge on any atom is -0.355 e. The number of hydrogen-bond donors (Lipinski definition) is 4. The zero-order chi connectivity index (χ0) is 18.2. The molecule has 0 aliphatic carbocycles. The number of likely N-dealkylation sites (N-methyl/N-ethyl adjacent to an activating group) is 2. The number of rotatable bonds is 15. The highest BCUT2D eigenvalue weighted by Gasteiger charge is 2.01. The van der Waals surface area contributed by atoms with Crippen molar-refractivity contribution in [3.63, 3.8) is 0 Å². The number of nitrogens with one attached hydrogen (secondary N) is 4. The summed E-state index contributed by atoms with van der Waals surface area (Å²) in [6, 6.07) is 0. The van der Waals surface area contributed by atoms with Gasteiger partial charge in [-0.2, -0.15) is 0 Å². The minimum atomic E-state index is 0.0757. The van der Waals surface area contributed by atoms with Gasteiger partial charge in [0.1, 0.15) is 0 Å². The second-order valence-corrected chi connectivity index (χ2v) is 6.31. The van der Waals surface area contributed by atoms with Crippen LogP contribution in [-0.4, -0.2) is 102 Å². The smallest absolute Gasteiger partial charge is 0.221 e. The fourth-order valence-corrected chi connectivity index (χ4v) is 1.85. The lowest BCUT2D eigenvalue weighted by atomic mass is 10.3. The van der Waals surface area contributed by atoms with Crippen LogP contribution >= 0.6 is 0 Å². The number of nitrogens with zero attached hydrogens (tertiary/aromatic N) is 2. The largest absolute Gasteiger partial charge is 0.355 e. The molecule has 0 aromatic heterocycles. The summed E-state index contributed by atoms with van der Waals surface area (Å²) in [6.07, 6.45) is 0.976. The van der Waals surface area contributed by atoms with Crippen molar-refractivity contribution < 1.29 is 9.59 Å². The Balaban J connectivity index is 3.30. The number of amides is 2. The van der Waals surface area contributed by atoms with E-state index in [0.717, 1.165) is 26.2 Å². The van der Waals surface area contributed by atoms with E-state index < -0.39 is 0 Å². The van der Waals surface area contributed by atoms with Crippen LogP contribution in [0.1, 0.15) is 12.8 Å². The number of carbonyl (C=O) groups excluding carboxylic acids is 2. The van der Waals surface area contributed by atoms with E-state index in [4.69, 9.17) is 0 Å². The molecule has 0 aliphatic heterocycles. The van der Waals surface area contributed by atoms with Crippen molar-refractivity contribution in [3.8, 4) is 0 Å². The molecule has 4 N–H and O–H groups in total. The van der Waals surface area contributed by atoms with Crippen molar-refractivity contribution in [2.45, 2.75) is 12.8 Å². The maximum absolute atomic E-state index is 11.5. The van der Waals surface area contributed by atoms with Gasteiger partial charge in [0.2, 0.25) is 11.8 Å². The molecule has 0 spiro atoms. The van der Waals surface area contributed by atoms with Gasteiger partial charge in [0.25, 0.3) is 0 Å². The zero-order valence-corrected chi connectivity index (χ0v) is 15.8. The van der Waals surface area contributed by atoms with E-state index in [1.165, 1.54) is 0 Å². The zero-order valence-electron chi connectivity index (χ0n) is 15.8. The van der Waals surface area contributed by atoms with E-state index in [0.29, 0.717) is 39.0 Å². The Morgan fingerprint density at radius 2 is 1.00 bits per heavy atom. The SMILES string of the molecule is CN(C)CCNC(=O)CCNCCNCCC(=O)NCCN(C)C. The molecular formula is C16H36N6O2. The van der Waals surface area contributed by atoms with Gasteiger partial charge < -0.3 is 31.1 Å². The van der Waals surface area contributed by atoms with Crippen LogP contribution < -0.4 is 21.3 Å². The van der Waals surface area contributed by atoms with Gasteiger partial charge in [0.15, 0.2) is 0 Å². The summed E-state index contributed by atoms with van der Waals surface area (Å²) in [7, 11) is 7.92. The van der Waals surface area contributed by atoms with Crippen LogP contribution in [0.15, 0.2) is 0 Å². The van der Waals surface area contributed by atoms with Gasteiger partial charge in [0, 0.05) is 65.2 Å². The first-order valence-electron chi connectivity index (χ1n) is 8.66. The number of hydrogen-bond acceptors (Lipinski definition) is 6. The lowest BCUT2D eigenvalue weighted by molar-refractivity contribution is -0.121. The average Bonchev–Trinajstić information content (AvgIpc) is 2.49. The van der Waals surface area contributed by atoms with Crippen LogP contribution in [0.5, 0.6) is 0 Å². The highest BCUT2D eigenvalue weighted by molar-refractivity contribution is 5.76. The molecule has 0 unspecified atom stereocenters. The molecule has 0 saturated heterocycles. The van der Waals surface area contributed by atoms with Crippen molar-refractivity contribution in [3.05, 3.63) is 0 Å². The third kappa shape index (κ3) is 17.1. The summed E-state index contributed by atoms with van der Waals surface area (Å²) in [5.74, 6) is 0.151. The standard InChI is InChI=1S/C16H36N6O2/c1-21(2)13-11-19-15(23)5-7-17-9-10-18-8-6-16(24)20-12-14-22(3)4/h17-18H,5-14H2,1-4H3,(H,19,23)(H,20,24). The molecule has 0 radical (unpaired) electrons. The topological polar surface area (TPSA) is 88.7 Å². The highest BCUT2D eigenvalue weighted by Crippen LogP contribution is 1.80. The van der Waals surface area contributed by atoms with Crippen LogP contribution in [0.2, 0.25) is 0 Å². The van der Waals surface area contributed by atoms with E-state index in [9.17, 15) is 9.59 Å². The molecule has 142 valence electrons. The fourth-order valence-electron chi connectivity index (χ4n) is 1.85. The number of carbonyl (C=O) groups is 2. The predicted octanol–water partition coefficient (Wildman–Crippen LogP) is -1.70. The van der Waals surface area contributed by atoms with Gasteiger partial charge in [-0.15, -0.1) is 0 Å².